The Bertz CT molecular complexity index is 530. The molecule has 1 saturated heterocycles. The molecule has 0 spiro atoms. The maximum Gasteiger partial charge on any atom is 0.309 e. The molecule has 1 rings (SSSR count). The molecule has 0 radical (unpaired) electrons. The monoisotopic (exact) mass is 331 g/mol. The van der Waals surface area contributed by atoms with E-state index in [0.717, 1.165) is 0 Å². The predicted molar refractivity (Wildman–Crippen MR) is 91.6 cm³/mol. The van der Waals surface area contributed by atoms with Gasteiger partial charge >= 0.3 is 5.97 Å². The van der Waals surface area contributed by atoms with Gasteiger partial charge in [-0.3, -0.25) is 9.59 Å². The second-order valence-electron chi connectivity index (χ2n) is 5.50. The van der Waals surface area contributed by atoms with Gasteiger partial charge in [0, 0.05) is 32.4 Å². The van der Waals surface area contributed by atoms with Gasteiger partial charge in [0.15, 0.2) is 0 Å². The molecule has 1 aliphatic heterocycles. The van der Waals surface area contributed by atoms with Crippen molar-refractivity contribution in [2.45, 2.75) is 19.8 Å². The summed E-state index contributed by atoms with van der Waals surface area (Å²) in [5.74, 6) is -0.612. The lowest BCUT2D eigenvalue weighted by Gasteiger charge is -2.30. The fraction of sp³-hybridized carbons (Fsp3) is 0.500. The minimum atomic E-state index is -0.343. The highest BCUT2D eigenvalue weighted by Gasteiger charge is 2.26. The SMILES string of the molecule is C=CCN(CC=C)C(=O)/C(C#N)=C\N1CCC(C(=O)OCC)CC1. The molecule has 130 valence electrons. The Morgan fingerprint density at radius 1 is 1.29 bits per heavy atom. The molecule has 6 nitrogen and oxygen atoms in total. The first-order valence-corrected chi connectivity index (χ1v) is 8.11. The van der Waals surface area contributed by atoms with Crippen LogP contribution in [0.2, 0.25) is 0 Å². The van der Waals surface area contributed by atoms with E-state index in [1.54, 1.807) is 25.3 Å². The summed E-state index contributed by atoms with van der Waals surface area (Å²) in [6.07, 6.45) is 6.13. The average Bonchev–Trinajstić information content (AvgIpc) is 2.59. The molecule has 0 aromatic carbocycles. The molecule has 1 aliphatic rings. The molecule has 24 heavy (non-hydrogen) atoms. The van der Waals surface area contributed by atoms with Crippen LogP contribution in [0.1, 0.15) is 19.8 Å². The molecule has 0 unspecified atom stereocenters. The number of esters is 1. The maximum absolute atomic E-state index is 12.4. The van der Waals surface area contributed by atoms with Crippen LogP contribution in [-0.2, 0) is 14.3 Å². The first-order valence-electron chi connectivity index (χ1n) is 8.11. The summed E-state index contributed by atoms with van der Waals surface area (Å²) < 4.78 is 5.04. The van der Waals surface area contributed by atoms with Gasteiger partial charge in [-0.1, -0.05) is 12.2 Å². The van der Waals surface area contributed by atoms with Crippen molar-refractivity contribution in [1.29, 1.82) is 5.26 Å². The van der Waals surface area contributed by atoms with E-state index < -0.39 is 0 Å². The van der Waals surface area contributed by atoms with Crippen LogP contribution in [0.25, 0.3) is 0 Å². The van der Waals surface area contributed by atoms with Crippen LogP contribution in [-0.4, -0.2) is 54.5 Å². The van der Waals surface area contributed by atoms with E-state index in [1.165, 1.54) is 4.90 Å². The summed E-state index contributed by atoms with van der Waals surface area (Å²) >= 11 is 0. The summed E-state index contributed by atoms with van der Waals surface area (Å²) in [6.45, 7) is 11.4. The van der Waals surface area contributed by atoms with Crippen LogP contribution in [0.5, 0.6) is 0 Å². The zero-order valence-corrected chi connectivity index (χ0v) is 14.2. The standard InChI is InChI=1S/C18H25N3O3/c1-4-9-21(10-5-2)17(22)16(13-19)14-20-11-7-15(8-12-20)18(23)24-6-3/h4-5,14-15H,1-2,6-12H2,3H3/b16-14-. The van der Waals surface area contributed by atoms with Crippen molar-refractivity contribution < 1.29 is 14.3 Å². The van der Waals surface area contributed by atoms with Crippen molar-refractivity contribution in [3.63, 3.8) is 0 Å². The minimum absolute atomic E-state index is 0.0771. The second-order valence-corrected chi connectivity index (χ2v) is 5.50. The van der Waals surface area contributed by atoms with Crippen molar-refractivity contribution in [1.82, 2.24) is 9.80 Å². The fourth-order valence-corrected chi connectivity index (χ4v) is 2.56. The lowest BCUT2D eigenvalue weighted by molar-refractivity contribution is -0.149. The van der Waals surface area contributed by atoms with Crippen LogP contribution in [0.4, 0.5) is 0 Å². The highest BCUT2D eigenvalue weighted by atomic mass is 16.5. The van der Waals surface area contributed by atoms with Gasteiger partial charge in [0.25, 0.3) is 5.91 Å². The third kappa shape index (κ3) is 5.58. The van der Waals surface area contributed by atoms with E-state index in [9.17, 15) is 14.9 Å². The topological polar surface area (TPSA) is 73.6 Å². The second kappa shape index (κ2) is 10.3. The van der Waals surface area contributed by atoms with Crippen LogP contribution < -0.4 is 0 Å². The fourth-order valence-electron chi connectivity index (χ4n) is 2.56. The molecular weight excluding hydrogens is 306 g/mol. The van der Waals surface area contributed by atoms with Gasteiger partial charge in [0.2, 0.25) is 0 Å². The summed E-state index contributed by atoms with van der Waals surface area (Å²) in [4.78, 5) is 27.6. The average molecular weight is 331 g/mol. The maximum atomic E-state index is 12.4. The summed E-state index contributed by atoms with van der Waals surface area (Å²) in [5, 5.41) is 9.30. The highest BCUT2D eigenvalue weighted by Crippen LogP contribution is 2.19. The Morgan fingerprint density at radius 3 is 2.33 bits per heavy atom. The molecule has 1 amide bonds. The lowest BCUT2D eigenvalue weighted by Crippen LogP contribution is -2.36. The molecule has 6 heteroatoms. The van der Waals surface area contributed by atoms with Gasteiger partial charge in [-0.2, -0.15) is 5.26 Å². The van der Waals surface area contributed by atoms with Crippen LogP contribution in [0.15, 0.2) is 37.1 Å². The molecule has 1 fully saturated rings. The Kier molecular flexibility index (Phi) is 8.34. The molecule has 0 aromatic rings. The van der Waals surface area contributed by atoms with Gasteiger partial charge < -0.3 is 14.5 Å². The first-order chi connectivity index (χ1) is 11.6. The zero-order valence-electron chi connectivity index (χ0n) is 14.2. The Hall–Kier alpha value is -2.55. The van der Waals surface area contributed by atoms with E-state index in [1.807, 2.05) is 11.0 Å². The molecular formula is C18H25N3O3. The quantitative estimate of drug-likeness (QED) is 0.294. The first kappa shape index (κ1) is 19.5. The number of nitriles is 1. The molecule has 0 saturated carbocycles. The zero-order chi connectivity index (χ0) is 17.9. The lowest BCUT2D eigenvalue weighted by atomic mass is 9.97. The Morgan fingerprint density at radius 2 is 1.88 bits per heavy atom. The number of likely N-dealkylation sites (tertiary alicyclic amines) is 1. The number of carbonyl (C=O) groups is 2. The van der Waals surface area contributed by atoms with Crippen molar-refractivity contribution in [2.75, 3.05) is 32.8 Å². The van der Waals surface area contributed by atoms with Crippen molar-refractivity contribution in [3.05, 3.63) is 37.1 Å². The molecule has 1 heterocycles. The number of rotatable bonds is 8. The molecule has 0 N–H and O–H groups in total. The van der Waals surface area contributed by atoms with Crippen molar-refractivity contribution in [2.24, 2.45) is 5.92 Å². The number of carbonyl (C=O) groups excluding carboxylic acids is 2. The van der Waals surface area contributed by atoms with E-state index in [2.05, 4.69) is 13.2 Å². The van der Waals surface area contributed by atoms with Gasteiger partial charge in [0.1, 0.15) is 11.6 Å². The normalized spacial score (nSPS) is 15.3. The van der Waals surface area contributed by atoms with E-state index >= 15 is 0 Å². The predicted octanol–water partition coefficient (Wildman–Crippen LogP) is 1.87. The number of ether oxygens (including phenoxy) is 1. The van der Waals surface area contributed by atoms with Gasteiger partial charge in [-0.25, -0.2) is 0 Å². The molecule has 0 aromatic heterocycles. The van der Waals surface area contributed by atoms with Crippen LogP contribution in [0, 0.1) is 17.2 Å². The van der Waals surface area contributed by atoms with Crippen LogP contribution >= 0.6 is 0 Å². The largest absolute Gasteiger partial charge is 0.466 e. The van der Waals surface area contributed by atoms with Gasteiger partial charge in [0.05, 0.1) is 12.5 Å². The summed E-state index contributed by atoms with van der Waals surface area (Å²) in [5.41, 5.74) is 0.0771. The molecule has 0 aliphatic carbocycles. The number of nitrogens with zero attached hydrogens (tertiary/aromatic N) is 3. The third-order valence-electron chi connectivity index (χ3n) is 3.80. The van der Waals surface area contributed by atoms with Crippen LogP contribution in [0.3, 0.4) is 0 Å². The van der Waals surface area contributed by atoms with Gasteiger partial charge in [-0.15, -0.1) is 13.2 Å². The Labute approximate surface area is 143 Å². The number of hydrogen-bond acceptors (Lipinski definition) is 5. The Balaban J connectivity index is 2.71. The number of piperidine rings is 1. The number of hydrogen-bond donors (Lipinski definition) is 0. The number of amides is 1. The van der Waals surface area contributed by atoms with E-state index in [0.29, 0.717) is 45.6 Å². The third-order valence-corrected chi connectivity index (χ3v) is 3.80. The summed E-state index contributed by atoms with van der Waals surface area (Å²) in [7, 11) is 0. The van der Waals surface area contributed by atoms with E-state index in [-0.39, 0.29) is 23.4 Å². The molecule has 0 atom stereocenters. The van der Waals surface area contributed by atoms with Gasteiger partial charge in [-0.05, 0) is 19.8 Å². The highest BCUT2D eigenvalue weighted by molar-refractivity contribution is 5.97. The molecule has 0 bridgehead atoms. The smallest absolute Gasteiger partial charge is 0.309 e. The van der Waals surface area contributed by atoms with E-state index in [4.69, 9.17) is 4.74 Å². The summed E-state index contributed by atoms with van der Waals surface area (Å²) in [6, 6.07) is 1.97. The minimum Gasteiger partial charge on any atom is -0.466 e. The van der Waals surface area contributed by atoms with Crippen molar-refractivity contribution in [3.8, 4) is 6.07 Å². The van der Waals surface area contributed by atoms with Crippen molar-refractivity contribution >= 4 is 11.9 Å².